The fraction of sp³-hybridized carbons (Fsp3) is 0.211. The van der Waals surface area contributed by atoms with E-state index < -0.39 is 0 Å². The maximum absolute atomic E-state index is 8.96. The molecule has 130 valence electrons. The van der Waals surface area contributed by atoms with Crippen molar-refractivity contribution in [3.05, 3.63) is 58.4 Å². The first-order valence-corrected chi connectivity index (χ1v) is 9.30. The van der Waals surface area contributed by atoms with Crippen LogP contribution in [0, 0.1) is 0 Å². The molecule has 0 radical (unpaired) electrons. The molecule has 0 unspecified atom stereocenters. The molecule has 0 aliphatic heterocycles. The number of ether oxygens (including phenoxy) is 1. The number of hydrogen-bond acceptors (Lipinski definition) is 5. The highest BCUT2D eigenvalue weighted by Gasteiger charge is 2.08. The van der Waals surface area contributed by atoms with E-state index in [9.17, 15) is 0 Å². The third kappa shape index (κ3) is 4.51. The van der Waals surface area contributed by atoms with Gasteiger partial charge in [0.05, 0.1) is 17.3 Å². The quantitative estimate of drug-likeness (QED) is 0.601. The zero-order chi connectivity index (χ0) is 17.6. The Morgan fingerprint density at radius 2 is 2.00 bits per heavy atom. The molecule has 1 aromatic heterocycles. The van der Waals surface area contributed by atoms with E-state index in [1.165, 1.54) is 11.3 Å². The Balaban J connectivity index is 1.72. The number of aromatic nitrogens is 1. The minimum absolute atomic E-state index is 0.160. The number of rotatable bonds is 7. The van der Waals surface area contributed by atoms with Crippen LogP contribution < -0.4 is 10.1 Å². The number of halogens is 1. The molecular formula is C19H19ClN2O2S. The van der Waals surface area contributed by atoms with Gasteiger partial charge in [-0.05, 0) is 49.2 Å². The van der Waals surface area contributed by atoms with E-state index in [2.05, 4.69) is 10.3 Å². The van der Waals surface area contributed by atoms with Crippen LogP contribution in [-0.4, -0.2) is 23.3 Å². The van der Waals surface area contributed by atoms with Crippen LogP contribution >= 0.6 is 22.9 Å². The van der Waals surface area contributed by atoms with E-state index in [4.69, 9.17) is 21.4 Å². The lowest BCUT2D eigenvalue weighted by molar-refractivity contribution is 0.299. The number of aliphatic hydroxyl groups excluding tert-OH is 1. The molecule has 6 heteroatoms. The van der Waals surface area contributed by atoms with Crippen molar-refractivity contribution >= 4 is 33.8 Å². The van der Waals surface area contributed by atoms with Gasteiger partial charge in [-0.3, -0.25) is 0 Å². The summed E-state index contributed by atoms with van der Waals surface area (Å²) in [6.45, 7) is 2.67. The number of thiazole rings is 1. The zero-order valence-corrected chi connectivity index (χ0v) is 15.4. The SMILES string of the molecule is CCOc1ccc(-c2csc(Nc3ccc(CCO)cc3)n2)cc1Cl. The molecule has 0 fully saturated rings. The maximum Gasteiger partial charge on any atom is 0.187 e. The Kier molecular flexibility index (Phi) is 5.91. The number of aliphatic hydroxyl groups is 1. The van der Waals surface area contributed by atoms with Crippen LogP contribution in [-0.2, 0) is 6.42 Å². The van der Waals surface area contributed by atoms with Gasteiger partial charge < -0.3 is 15.2 Å². The van der Waals surface area contributed by atoms with Crippen molar-refractivity contribution in [1.82, 2.24) is 4.98 Å². The first kappa shape index (κ1) is 17.7. The molecule has 1 heterocycles. The standard InChI is InChI=1S/C19H19ClN2O2S/c1-2-24-18-8-5-14(11-16(18)20)17-12-25-19(22-17)21-15-6-3-13(4-7-15)9-10-23/h3-8,11-12,23H,2,9-10H2,1H3,(H,21,22). The number of hydrogen-bond donors (Lipinski definition) is 2. The molecule has 4 nitrogen and oxygen atoms in total. The second-order valence-electron chi connectivity index (χ2n) is 5.41. The zero-order valence-electron chi connectivity index (χ0n) is 13.8. The topological polar surface area (TPSA) is 54.4 Å². The normalized spacial score (nSPS) is 10.7. The van der Waals surface area contributed by atoms with Crippen LogP contribution in [0.15, 0.2) is 47.8 Å². The van der Waals surface area contributed by atoms with Crippen molar-refractivity contribution in [2.75, 3.05) is 18.5 Å². The fourth-order valence-corrected chi connectivity index (χ4v) is 3.38. The van der Waals surface area contributed by atoms with Gasteiger partial charge in [-0.15, -0.1) is 11.3 Å². The molecule has 0 aliphatic carbocycles. The molecule has 0 atom stereocenters. The number of nitrogens with one attached hydrogen (secondary N) is 1. The summed E-state index contributed by atoms with van der Waals surface area (Å²) in [4.78, 5) is 4.62. The monoisotopic (exact) mass is 374 g/mol. The van der Waals surface area contributed by atoms with Gasteiger partial charge in [0.1, 0.15) is 5.75 Å². The van der Waals surface area contributed by atoms with Gasteiger partial charge in [0, 0.05) is 23.2 Å². The van der Waals surface area contributed by atoms with E-state index >= 15 is 0 Å². The largest absolute Gasteiger partial charge is 0.492 e. The van der Waals surface area contributed by atoms with Crippen molar-refractivity contribution in [3.8, 4) is 17.0 Å². The van der Waals surface area contributed by atoms with E-state index in [1.54, 1.807) is 0 Å². The molecule has 0 saturated carbocycles. The summed E-state index contributed by atoms with van der Waals surface area (Å²) in [7, 11) is 0. The lowest BCUT2D eigenvalue weighted by Crippen LogP contribution is -1.93. The Morgan fingerprint density at radius 1 is 1.20 bits per heavy atom. The van der Waals surface area contributed by atoms with Gasteiger partial charge in [0.2, 0.25) is 0 Å². The highest BCUT2D eigenvalue weighted by atomic mass is 35.5. The predicted octanol–water partition coefficient (Wildman–Crippen LogP) is 5.14. The molecule has 25 heavy (non-hydrogen) atoms. The summed E-state index contributed by atoms with van der Waals surface area (Å²) in [5.74, 6) is 0.685. The van der Waals surface area contributed by atoms with E-state index in [0.29, 0.717) is 23.8 Å². The summed E-state index contributed by atoms with van der Waals surface area (Å²) in [6, 6.07) is 13.7. The molecule has 0 amide bonds. The van der Waals surface area contributed by atoms with Crippen LogP contribution in [0.2, 0.25) is 5.02 Å². The van der Waals surface area contributed by atoms with E-state index in [-0.39, 0.29) is 6.61 Å². The first-order chi connectivity index (χ1) is 12.2. The van der Waals surface area contributed by atoms with Crippen molar-refractivity contribution in [3.63, 3.8) is 0 Å². The van der Waals surface area contributed by atoms with Crippen LogP contribution in [0.5, 0.6) is 5.75 Å². The smallest absolute Gasteiger partial charge is 0.187 e. The second kappa shape index (κ2) is 8.34. The summed E-state index contributed by atoms with van der Waals surface area (Å²) in [6.07, 6.45) is 0.667. The highest BCUT2D eigenvalue weighted by Crippen LogP contribution is 2.32. The van der Waals surface area contributed by atoms with Crippen molar-refractivity contribution in [2.45, 2.75) is 13.3 Å². The molecule has 2 aromatic carbocycles. The second-order valence-corrected chi connectivity index (χ2v) is 6.68. The van der Waals surface area contributed by atoms with Gasteiger partial charge in [0.15, 0.2) is 5.13 Å². The third-order valence-corrected chi connectivity index (χ3v) is 4.69. The van der Waals surface area contributed by atoms with Crippen molar-refractivity contribution in [1.29, 1.82) is 0 Å². The minimum Gasteiger partial charge on any atom is -0.492 e. The average Bonchev–Trinajstić information content (AvgIpc) is 3.07. The van der Waals surface area contributed by atoms with Gasteiger partial charge >= 0.3 is 0 Å². The molecule has 0 bridgehead atoms. The third-order valence-electron chi connectivity index (χ3n) is 3.64. The minimum atomic E-state index is 0.160. The Labute approximate surface area is 156 Å². The maximum atomic E-state index is 8.96. The average molecular weight is 375 g/mol. The number of benzene rings is 2. The molecule has 3 rings (SSSR count). The lowest BCUT2D eigenvalue weighted by atomic mass is 10.1. The van der Waals surface area contributed by atoms with Crippen LogP contribution in [0.4, 0.5) is 10.8 Å². The van der Waals surface area contributed by atoms with E-state index in [1.807, 2.05) is 54.8 Å². The molecule has 0 saturated heterocycles. The fourth-order valence-electron chi connectivity index (χ4n) is 2.40. The molecule has 3 aromatic rings. The number of nitrogens with zero attached hydrogens (tertiary/aromatic N) is 1. The van der Waals surface area contributed by atoms with Crippen LogP contribution in [0.1, 0.15) is 12.5 Å². The Morgan fingerprint density at radius 3 is 2.68 bits per heavy atom. The van der Waals surface area contributed by atoms with Crippen LogP contribution in [0.25, 0.3) is 11.3 Å². The summed E-state index contributed by atoms with van der Waals surface area (Å²) >= 11 is 7.79. The molecular weight excluding hydrogens is 356 g/mol. The first-order valence-electron chi connectivity index (χ1n) is 8.04. The van der Waals surface area contributed by atoms with Gasteiger partial charge in [0.25, 0.3) is 0 Å². The summed E-state index contributed by atoms with van der Waals surface area (Å²) < 4.78 is 5.46. The molecule has 2 N–H and O–H groups in total. The highest BCUT2D eigenvalue weighted by molar-refractivity contribution is 7.14. The summed E-state index contributed by atoms with van der Waals surface area (Å²) in [5.41, 5.74) is 3.90. The Bertz CT molecular complexity index is 834. The predicted molar refractivity (Wildman–Crippen MR) is 104 cm³/mol. The number of anilines is 2. The van der Waals surface area contributed by atoms with Gasteiger partial charge in [-0.1, -0.05) is 23.7 Å². The molecule has 0 aliphatic rings. The lowest BCUT2D eigenvalue weighted by Gasteiger charge is -2.06. The van der Waals surface area contributed by atoms with E-state index in [0.717, 1.165) is 27.6 Å². The van der Waals surface area contributed by atoms with Gasteiger partial charge in [-0.2, -0.15) is 0 Å². The van der Waals surface area contributed by atoms with Crippen LogP contribution in [0.3, 0.4) is 0 Å². The Hall–Kier alpha value is -2.08. The van der Waals surface area contributed by atoms with Crippen molar-refractivity contribution < 1.29 is 9.84 Å². The molecule has 0 spiro atoms. The van der Waals surface area contributed by atoms with Crippen molar-refractivity contribution in [2.24, 2.45) is 0 Å². The summed E-state index contributed by atoms with van der Waals surface area (Å²) in [5, 5.41) is 15.7. The van der Waals surface area contributed by atoms with Gasteiger partial charge in [-0.25, -0.2) is 4.98 Å².